The van der Waals surface area contributed by atoms with E-state index in [1.54, 1.807) is 0 Å². The molecule has 2 aliphatic rings. The van der Waals surface area contributed by atoms with E-state index < -0.39 is 0 Å². The quantitative estimate of drug-likeness (QED) is 0.627. The second-order valence-electron chi connectivity index (χ2n) is 6.67. The van der Waals surface area contributed by atoms with Gasteiger partial charge in [-0.1, -0.05) is 12.1 Å². The number of likely N-dealkylation sites (tertiary alicyclic amines) is 1. The molecule has 1 aromatic rings. The molecule has 0 amide bonds. The van der Waals surface area contributed by atoms with Gasteiger partial charge in [0, 0.05) is 32.7 Å². The molecule has 6 heteroatoms. The number of morpholine rings is 1. The third-order valence-electron chi connectivity index (χ3n) is 4.78. The normalized spacial score (nSPS) is 19.8. The number of nitrogens with two attached hydrogens (primary N) is 1. The summed E-state index contributed by atoms with van der Waals surface area (Å²) in [6.07, 6.45) is 3.72. The van der Waals surface area contributed by atoms with Crippen LogP contribution in [0.2, 0.25) is 0 Å². The summed E-state index contributed by atoms with van der Waals surface area (Å²) >= 11 is 0. The first kappa shape index (κ1) is 18.0. The van der Waals surface area contributed by atoms with Gasteiger partial charge in [0.25, 0.3) is 0 Å². The van der Waals surface area contributed by atoms with Crippen LogP contribution in [0, 0.1) is 0 Å². The van der Waals surface area contributed by atoms with Gasteiger partial charge in [0.2, 0.25) is 0 Å². The van der Waals surface area contributed by atoms with Crippen LogP contribution in [0.15, 0.2) is 29.3 Å². The van der Waals surface area contributed by atoms with Crippen molar-refractivity contribution in [1.82, 2.24) is 9.80 Å². The highest BCUT2D eigenvalue weighted by atomic mass is 16.5. The van der Waals surface area contributed by atoms with E-state index in [1.807, 2.05) is 12.1 Å². The van der Waals surface area contributed by atoms with E-state index >= 15 is 0 Å². The maximum atomic E-state index is 6.13. The van der Waals surface area contributed by atoms with Crippen LogP contribution in [0.1, 0.15) is 24.8 Å². The molecule has 2 heterocycles. The van der Waals surface area contributed by atoms with Crippen molar-refractivity contribution >= 4 is 5.96 Å². The van der Waals surface area contributed by atoms with E-state index in [0.29, 0.717) is 19.1 Å². The van der Waals surface area contributed by atoms with Crippen LogP contribution in [0.25, 0.3) is 0 Å². The fraction of sp³-hybridized carbons (Fsp3) is 0.632. The van der Waals surface area contributed by atoms with Crippen LogP contribution in [-0.2, 0) is 11.3 Å². The first-order chi connectivity index (χ1) is 12.3. The molecule has 25 heavy (non-hydrogen) atoms. The number of guanidine groups is 1. The molecule has 0 saturated carbocycles. The zero-order chi connectivity index (χ0) is 17.3. The van der Waals surface area contributed by atoms with Crippen molar-refractivity contribution < 1.29 is 9.47 Å². The van der Waals surface area contributed by atoms with Gasteiger partial charge < -0.3 is 20.1 Å². The Hall–Kier alpha value is -1.79. The molecule has 3 rings (SSSR count). The molecule has 2 fully saturated rings. The highest BCUT2D eigenvalue weighted by Gasteiger charge is 2.12. The van der Waals surface area contributed by atoms with Crippen molar-refractivity contribution in [3.63, 3.8) is 0 Å². The fourth-order valence-corrected chi connectivity index (χ4v) is 3.25. The summed E-state index contributed by atoms with van der Waals surface area (Å²) in [5.41, 5.74) is 7.25. The lowest BCUT2D eigenvalue weighted by molar-refractivity contribution is 0.0322. The van der Waals surface area contributed by atoms with Crippen LogP contribution in [-0.4, -0.2) is 68.3 Å². The van der Waals surface area contributed by atoms with E-state index in [9.17, 15) is 0 Å². The highest BCUT2D eigenvalue weighted by molar-refractivity contribution is 5.78. The second-order valence-corrected chi connectivity index (χ2v) is 6.67. The standard InChI is InChI=1S/C19H30N4O2/c20-19(23-7-2-1-3-8-23)21-16-17-5-4-6-18(15-17)25-14-11-22-9-12-24-13-10-22/h4-6,15H,1-3,7-14,16H2,(H2,20,21). The Bertz CT molecular complexity index is 552. The summed E-state index contributed by atoms with van der Waals surface area (Å²) in [5.74, 6) is 1.57. The topological polar surface area (TPSA) is 63.3 Å². The van der Waals surface area contributed by atoms with Crippen LogP contribution in [0.4, 0.5) is 0 Å². The Balaban J connectivity index is 1.45. The summed E-state index contributed by atoms with van der Waals surface area (Å²) < 4.78 is 11.3. The molecule has 0 atom stereocenters. The van der Waals surface area contributed by atoms with Crippen molar-refractivity contribution in [3.8, 4) is 5.75 Å². The van der Waals surface area contributed by atoms with Crippen molar-refractivity contribution in [1.29, 1.82) is 0 Å². The molecule has 2 saturated heterocycles. The van der Waals surface area contributed by atoms with Gasteiger partial charge in [0.1, 0.15) is 12.4 Å². The Morgan fingerprint density at radius 1 is 1.12 bits per heavy atom. The minimum atomic E-state index is 0.600. The largest absolute Gasteiger partial charge is 0.492 e. The van der Waals surface area contributed by atoms with E-state index in [4.69, 9.17) is 15.2 Å². The van der Waals surface area contributed by atoms with Crippen LogP contribution in [0.3, 0.4) is 0 Å². The summed E-state index contributed by atoms with van der Waals surface area (Å²) in [6.45, 7) is 7.93. The summed E-state index contributed by atoms with van der Waals surface area (Å²) in [6, 6.07) is 8.15. The van der Waals surface area contributed by atoms with E-state index in [0.717, 1.165) is 57.3 Å². The second kappa shape index (κ2) is 9.63. The zero-order valence-electron chi connectivity index (χ0n) is 15.0. The molecule has 0 bridgehead atoms. The predicted molar refractivity (Wildman–Crippen MR) is 99.9 cm³/mol. The number of piperidine rings is 1. The lowest BCUT2D eigenvalue weighted by atomic mass is 10.1. The number of rotatable bonds is 6. The van der Waals surface area contributed by atoms with Gasteiger partial charge in [-0.15, -0.1) is 0 Å². The van der Waals surface area contributed by atoms with Gasteiger partial charge in [-0.2, -0.15) is 0 Å². The third-order valence-corrected chi connectivity index (χ3v) is 4.78. The Labute approximate surface area is 150 Å². The Morgan fingerprint density at radius 2 is 1.92 bits per heavy atom. The van der Waals surface area contributed by atoms with Crippen molar-refractivity contribution in [2.75, 3.05) is 52.5 Å². The van der Waals surface area contributed by atoms with Crippen LogP contribution >= 0.6 is 0 Å². The minimum Gasteiger partial charge on any atom is -0.492 e. The number of benzene rings is 1. The molecule has 0 aromatic heterocycles. The highest BCUT2D eigenvalue weighted by Crippen LogP contribution is 2.15. The summed E-state index contributed by atoms with van der Waals surface area (Å²) in [5, 5.41) is 0. The summed E-state index contributed by atoms with van der Waals surface area (Å²) in [7, 11) is 0. The van der Waals surface area contributed by atoms with Crippen molar-refractivity contribution in [3.05, 3.63) is 29.8 Å². The molecule has 6 nitrogen and oxygen atoms in total. The molecule has 2 aliphatic heterocycles. The van der Waals surface area contributed by atoms with E-state index in [2.05, 4.69) is 26.9 Å². The first-order valence-electron chi connectivity index (χ1n) is 9.38. The molecular formula is C19H30N4O2. The van der Waals surface area contributed by atoms with E-state index in [-0.39, 0.29) is 0 Å². The van der Waals surface area contributed by atoms with Crippen LogP contribution < -0.4 is 10.5 Å². The lowest BCUT2D eigenvalue weighted by Crippen LogP contribution is -2.40. The molecular weight excluding hydrogens is 316 g/mol. The predicted octanol–water partition coefficient (Wildman–Crippen LogP) is 1.70. The molecule has 0 unspecified atom stereocenters. The maximum Gasteiger partial charge on any atom is 0.191 e. The van der Waals surface area contributed by atoms with Gasteiger partial charge in [0.05, 0.1) is 19.8 Å². The van der Waals surface area contributed by atoms with Crippen molar-refractivity contribution in [2.45, 2.75) is 25.8 Å². The average molecular weight is 346 g/mol. The minimum absolute atomic E-state index is 0.600. The first-order valence-corrected chi connectivity index (χ1v) is 9.38. The molecule has 0 aliphatic carbocycles. The number of nitrogens with zero attached hydrogens (tertiary/aromatic N) is 3. The van der Waals surface area contributed by atoms with Gasteiger partial charge in [-0.3, -0.25) is 4.90 Å². The molecule has 0 radical (unpaired) electrons. The van der Waals surface area contributed by atoms with Gasteiger partial charge in [0.15, 0.2) is 5.96 Å². The van der Waals surface area contributed by atoms with Gasteiger partial charge >= 0.3 is 0 Å². The molecule has 2 N–H and O–H groups in total. The van der Waals surface area contributed by atoms with Gasteiger partial charge in [-0.05, 0) is 37.0 Å². The monoisotopic (exact) mass is 346 g/mol. The van der Waals surface area contributed by atoms with Crippen LogP contribution in [0.5, 0.6) is 5.75 Å². The SMILES string of the molecule is NC(=NCc1cccc(OCCN2CCOCC2)c1)N1CCCCC1. The Morgan fingerprint density at radius 3 is 2.72 bits per heavy atom. The summed E-state index contributed by atoms with van der Waals surface area (Å²) in [4.78, 5) is 9.11. The smallest absolute Gasteiger partial charge is 0.191 e. The number of ether oxygens (including phenoxy) is 2. The molecule has 138 valence electrons. The zero-order valence-corrected chi connectivity index (χ0v) is 15.0. The van der Waals surface area contributed by atoms with E-state index in [1.165, 1.54) is 19.3 Å². The third kappa shape index (κ3) is 5.90. The average Bonchev–Trinajstić information content (AvgIpc) is 2.68. The molecule has 0 spiro atoms. The maximum absolute atomic E-state index is 6.13. The number of aliphatic imine (C=N–C) groups is 1. The Kier molecular flexibility index (Phi) is 6.94. The number of hydrogen-bond acceptors (Lipinski definition) is 4. The lowest BCUT2D eigenvalue weighted by Gasteiger charge is -2.27. The van der Waals surface area contributed by atoms with Crippen molar-refractivity contribution in [2.24, 2.45) is 10.7 Å². The molecule has 1 aromatic carbocycles. The fourth-order valence-electron chi connectivity index (χ4n) is 3.25. The number of hydrogen-bond donors (Lipinski definition) is 1. The van der Waals surface area contributed by atoms with Gasteiger partial charge in [-0.25, -0.2) is 4.99 Å².